The molecule has 4 rings (SSSR count). The van der Waals surface area contributed by atoms with Crippen molar-refractivity contribution >= 4 is 23.1 Å². The van der Waals surface area contributed by atoms with Gasteiger partial charge in [-0.1, -0.05) is 18.2 Å². The summed E-state index contributed by atoms with van der Waals surface area (Å²) >= 11 is 5.04. The van der Waals surface area contributed by atoms with Crippen molar-refractivity contribution < 1.29 is 5.11 Å². The summed E-state index contributed by atoms with van der Waals surface area (Å²) in [5.41, 5.74) is 3.07. The van der Waals surface area contributed by atoms with E-state index in [9.17, 15) is 9.90 Å². The van der Waals surface area contributed by atoms with Crippen LogP contribution in [0.4, 0.5) is 0 Å². The fourth-order valence-corrected chi connectivity index (χ4v) is 3.49. The summed E-state index contributed by atoms with van der Waals surface area (Å²) in [5, 5.41) is 14.9. The summed E-state index contributed by atoms with van der Waals surface area (Å²) in [6, 6.07) is 7.67. The number of aromatic amines is 2. The minimum Gasteiger partial charge on any atom is -0.494 e. The standard InChI is InChI=1S/C16H16N4O2S/c1-20-15(22)11(14(21)19-16(20)23)13-12-9(6-7-17-13)8-4-2-3-5-10(8)18-12/h2-5,13,17-18,22H,6-7H2,1H3,(H,19,21,23)/t13-/m1/s1. The van der Waals surface area contributed by atoms with Crippen LogP contribution in [0.2, 0.25) is 0 Å². The highest BCUT2D eigenvalue weighted by atomic mass is 32.1. The van der Waals surface area contributed by atoms with Crippen LogP contribution < -0.4 is 10.9 Å². The lowest BCUT2D eigenvalue weighted by molar-refractivity contribution is 0.401. The first kappa shape index (κ1) is 14.2. The van der Waals surface area contributed by atoms with Crippen molar-refractivity contribution in [3.05, 3.63) is 56.2 Å². The molecule has 0 saturated heterocycles. The van der Waals surface area contributed by atoms with E-state index in [0.29, 0.717) is 0 Å². The topological polar surface area (TPSA) is 85.8 Å². The quantitative estimate of drug-likeness (QED) is 0.514. The molecule has 3 heterocycles. The normalized spacial score (nSPS) is 17.3. The van der Waals surface area contributed by atoms with Gasteiger partial charge in [-0.15, -0.1) is 0 Å². The molecule has 1 atom stereocenters. The van der Waals surface area contributed by atoms with Crippen molar-refractivity contribution in [1.82, 2.24) is 19.9 Å². The Kier molecular flexibility index (Phi) is 3.14. The number of fused-ring (bicyclic) bond motifs is 3. The third kappa shape index (κ3) is 2.04. The minimum atomic E-state index is -0.392. The summed E-state index contributed by atoms with van der Waals surface area (Å²) in [4.78, 5) is 18.4. The van der Waals surface area contributed by atoms with Crippen molar-refractivity contribution in [2.24, 2.45) is 7.05 Å². The van der Waals surface area contributed by atoms with Gasteiger partial charge in [-0.3, -0.25) is 14.3 Å². The molecule has 0 spiro atoms. The molecule has 0 unspecified atom stereocenters. The van der Waals surface area contributed by atoms with E-state index in [1.807, 2.05) is 18.2 Å². The first-order chi connectivity index (χ1) is 11.1. The molecule has 1 aliphatic rings. The minimum absolute atomic E-state index is 0.109. The molecular formula is C16H16N4O2S. The molecule has 0 aliphatic carbocycles. The number of nitrogens with zero attached hydrogens (tertiary/aromatic N) is 1. The summed E-state index contributed by atoms with van der Waals surface area (Å²) in [7, 11) is 1.63. The van der Waals surface area contributed by atoms with Gasteiger partial charge < -0.3 is 15.4 Å². The Hall–Kier alpha value is -2.38. The van der Waals surface area contributed by atoms with Gasteiger partial charge in [-0.2, -0.15) is 0 Å². The Morgan fingerprint density at radius 1 is 1.30 bits per heavy atom. The average molecular weight is 328 g/mol. The van der Waals surface area contributed by atoms with E-state index in [1.165, 1.54) is 10.1 Å². The molecule has 4 N–H and O–H groups in total. The summed E-state index contributed by atoms with van der Waals surface area (Å²) in [6.07, 6.45) is 0.875. The fraction of sp³-hybridized carbons (Fsp3) is 0.250. The number of hydrogen-bond donors (Lipinski definition) is 4. The number of aromatic nitrogens is 3. The van der Waals surface area contributed by atoms with Crippen LogP contribution in [0.5, 0.6) is 5.88 Å². The number of rotatable bonds is 1. The van der Waals surface area contributed by atoms with Gasteiger partial charge in [0.25, 0.3) is 5.56 Å². The van der Waals surface area contributed by atoms with Crippen molar-refractivity contribution in [2.45, 2.75) is 12.5 Å². The summed E-state index contributed by atoms with van der Waals surface area (Å²) in [6.45, 7) is 0.734. The maximum Gasteiger partial charge on any atom is 0.260 e. The molecule has 118 valence electrons. The SMILES string of the molecule is Cn1c(O)c([C@H]2NCCc3c2[nH]c2ccccc32)c(=O)[nH]c1=S. The number of para-hydroxylation sites is 1. The fourth-order valence-electron chi connectivity index (χ4n) is 3.31. The lowest BCUT2D eigenvalue weighted by Crippen LogP contribution is -2.35. The zero-order valence-corrected chi connectivity index (χ0v) is 13.3. The van der Waals surface area contributed by atoms with Crippen LogP contribution in [-0.4, -0.2) is 26.2 Å². The second kappa shape index (κ2) is 5.07. The lowest BCUT2D eigenvalue weighted by atomic mass is 9.95. The largest absolute Gasteiger partial charge is 0.494 e. The Morgan fingerprint density at radius 3 is 2.91 bits per heavy atom. The number of hydrogen-bond acceptors (Lipinski definition) is 4. The van der Waals surface area contributed by atoms with Gasteiger partial charge in [0.1, 0.15) is 5.56 Å². The first-order valence-electron chi connectivity index (χ1n) is 7.43. The van der Waals surface area contributed by atoms with E-state index in [0.717, 1.165) is 29.6 Å². The molecule has 0 bridgehead atoms. The van der Waals surface area contributed by atoms with Crippen LogP contribution >= 0.6 is 12.2 Å². The smallest absolute Gasteiger partial charge is 0.260 e. The van der Waals surface area contributed by atoms with Gasteiger partial charge in [-0.25, -0.2) is 0 Å². The van der Waals surface area contributed by atoms with Crippen molar-refractivity contribution in [3.8, 4) is 5.88 Å². The van der Waals surface area contributed by atoms with Crippen LogP contribution in [0.3, 0.4) is 0 Å². The Bertz CT molecular complexity index is 1030. The molecule has 2 aromatic heterocycles. The summed E-state index contributed by atoms with van der Waals surface area (Å²) in [5.74, 6) is -0.109. The van der Waals surface area contributed by atoms with E-state index >= 15 is 0 Å². The molecule has 0 radical (unpaired) electrons. The molecule has 1 aromatic carbocycles. The van der Waals surface area contributed by atoms with Crippen LogP contribution in [0, 0.1) is 4.77 Å². The van der Waals surface area contributed by atoms with Gasteiger partial charge in [0.2, 0.25) is 5.88 Å². The first-order valence-corrected chi connectivity index (χ1v) is 7.84. The highest BCUT2D eigenvalue weighted by Crippen LogP contribution is 2.34. The number of aromatic hydroxyl groups is 1. The van der Waals surface area contributed by atoms with Crippen molar-refractivity contribution in [2.75, 3.05) is 6.54 Å². The van der Waals surface area contributed by atoms with Gasteiger partial charge >= 0.3 is 0 Å². The predicted octanol–water partition coefficient (Wildman–Crippen LogP) is 1.86. The van der Waals surface area contributed by atoms with Gasteiger partial charge in [0.15, 0.2) is 4.77 Å². The van der Waals surface area contributed by atoms with Crippen LogP contribution in [0.25, 0.3) is 10.9 Å². The zero-order valence-electron chi connectivity index (χ0n) is 12.5. The number of benzene rings is 1. The molecule has 6 nitrogen and oxygen atoms in total. The maximum atomic E-state index is 12.4. The van der Waals surface area contributed by atoms with Gasteiger partial charge in [0, 0.05) is 30.2 Å². The second-order valence-corrected chi connectivity index (χ2v) is 6.14. The van der Waals surface area contributed by atoms with Crippen molar-refractivity contribution in [3.63, 3.8) is 0 Å². The molecule has 3 aromatic rings. The monoisotopic (exact) mass is 328 g/mol. The molecule has 0 saturated carbocycles. The van der Waals surface area contributed by atoms with E-state index in [-0.39, 0.29) is 21.8 Å². The second-order valence-electron chi connectivity index (χ2n) is 5.76. The summed E-state index contributed by atoms with van der Waals surface area (Å²) < 4.78 is 1.61. The zero-order chi connectivity index (χ0) is 16.1. The molecule has 0 amide bonds. The van der Waals surface area contributed by atoms with Crippen molar-refractivity contribution in [1.29, 1.82) is 0 Å². The van der Waals surface area contributed by atoms with E-state index < -0.39 is 6.04 Å². The molecular weight excluding hydrogens is 312 g/mol. The lowest BCUT2D eigenvalue weighted by Gasteiger charge is -2.25. The average Bonchev–Trinajstić information content (AvgIpc) is 2.92. The Balaban J connectivity index is 1.99. The van der Waals surface area contributed by atoms with E-state index in [2.05, 4.69) is 21.4 Å². The third-order valence-corrected chi connectivity index (χ3v) is 4.85. The van der Waals surface area contributed by atoms with Crippen LogP contribution in [0.15, 0.2) is 29.1 Å². The van der Waals surface area contributed by atoms with E-state index in [4.69, 9.17) is 12.2 Å². The molecule has 0 fully saturated rings. The third-order valence-electron chi connectivity index (χ3n) is 4.48. The number of nitrogens with one attached hydrogen (secondary N) is 3. The highest BCUT2D eigenvalue weighted by Gasteiger charge is 2.30. The Morgan fingerprint density at radius 2 is 2.09 bits per heavy atom. The Labute approximate surface area is 136 Å². The highest BCUT2D eigenvalue weighted by molar-refractivity contribution is 7.71. The van der Waals surface area contributed by atoms with Crippen LogP contribution in [-0.2, 0) is 13.5 Å². The van der Waals surface area contributed by atoms with Gasteiger partial charge in [-0.05, 0) is 30.3 Å². The maximum absolute atomic E-state index is 12.4. The van der Waals surface area contributed by atoms with E-state index in [1.54, 1.807) is 7.05 Å². The number of H-pyrrole nitrogens is 2. The molecule has 1 aliphatic heterocycles. The van der Waals surface area contributed by atoms with Crippen LogP contribution in [0.1, 0.15) is 22.9 Å². The molecule has 23 heavy (non-hydrogen) atoms. The molecule has 7 heteroatoms. The van der Waals surface area contributed by atoms with Gasteiger partial charge in [0.05, 0.1) is 6.04 Å². The predicted molar refractivity (Wildman–Crippen MR) is 90.4 cm³/mol.